The topological polar surface area (TPSA) is 102 Å². The molecule has 2 aliphatic heterocycles. The maximum atomic E-state index is 12.9. The van der Waals surface area contributed by atoms with Crippen LogP contribution in [0.1, 0.15) is 40.0 Å². The number of likely N-dealkylation sites (N-methyl/N-ethyl adjacent to an activating group) is 1. The van der Waals surface area contributed by atoms with Crippen molar-refractivity contribution in [2.45, 2.75) is 86.8 Å². The minimum Gasteiger partial charge on any atom is -0.388 e. The van der Waals surface area contributed by atoms with Crippen LogP contribution in [0, 0.1) is 5.92 Å². The number of aliphatic hydroxyl groups is 3. The summed E-state index contributed by atoms with van der Waals surface area (Å²) in [5.41, 5.74) is 0. The molecular weight excluding hydrogens is 392 g/mol. The monoisotopic (exact) mass is 424 g/mol. The second-order valence-corrected chi connectivity index (χ2v) is 9.70. The number of ether oxygens (including phenoxy) is 1. The molecule has 9 heteroatoms. The minimum absolute atomic E-state index is 0.175. The minimum atomic E-state index is -1.45. The molecule has 0 aliphatic carbocycles. The fraction of sp³-hybridized carbons (Fsp3) is 0.944. The van der Waals surface area contributed by atoms with Gasteiger partial charge in [-0.15, -0.1) is 24.2 Å². The number of alkyl halides is 1. The first kappa shape index (κ1) is 23.2. The first-order valence-corrected chi connectivity index (χ1v) is 10.5. The average molecular weight is 425 g/mol. The molecule has 27 heavy (non-hydrogen) atoms. The third-order valence-corrected chi connectivity index (χ3v) is 6.37. The number of nitrogens with zero attached hydrogens (tertiary/aromatic N) is 1. The molecule has 2 aliphatic rings. The summed E-state index contributed by atoms with van der Waals surface area (Å²) in [4.78, 5) is 13.5. The van der Waals surface area contributed by atoms with Gasteiger partial charge in [-0.25, -0.2) is 0 Å². The number of nitrogens with one attached hydrogen (secondary N) is 1. The molecule has 0 unspecified atom stereocenters. The maximum absolute atomic E-state index is 12.9. The largest absolute Gasteiger partial charge is 0.388 e. The van der Waals surface area contributed by atoms with E-state index >= 15 is 0 Å². The molecule has 1 amide bonds. The van der Waals surface area contributed by atoms with Crippen LogP contribution in [-0.2, 0) is 9.53 Å². The van der Waals surface area contributed by atoms with Gasteiger partial charge in [-0.05, 0) is 39.7 Å². The second kappa shape index (κ2) is 9.15. The predicted molar refractivity (Wildman–Crippen MR) is 107 cm³/mol. The zero-order valence-corrected chi connectivity index (χ0v) is 18.0. The van der Waals surface area contributed by atoms with Crippen LogP contribution in [0.5, 0.6) is 0 Å². The number of aliphatic hydroxyl groups excluding tert-OH is 3. The van der Waals surface area contributed by atoms with Gasteiger partial charge >= 0.3 is 0 Å². The van der Waals surface area contributed by atoms with E-state index in [0.29, 0.717) is 5.92 Å². The van der Waals surface area contributed by atoms with Crippen molar-refractivity contribution in [2.24, 2.45) is 5.92 Å². The Labute approximate surface area is 171 Å². The van der Waals surface area contributed by atoms with Gasteiger partial charge < -0.3 is 25.4 Å². The summed E-state index contributed by atoms with van der Waals surface area (Å²) in [6.07, 6.45) is -2.29. The van der Waals surface area contributed by atoms with Crippen LogP contribution >= 0.6 is 24.2 Å². The Morgan fingerprint density at radius 1 is 1.41 bits per heavy atom. The van der Waals surface area contributed by atoms with Crippen molar-refractivity contribution in [3.05, 3.63) is 0 Å². The molecule has 0 bridgehead atoms. The number of rotatable bonds is 6. The van der Waals surface area contributed by atoms with Crippen LogP contribution in [0.2, 0.25) is 0 Å². The van der Waals surface area contributed by atoms with Crippen molar-refractivity contribution in [2.75, 3.05) is 13.6 Å². The van der Waals surface area contributed by atoms with E-state index in [1.165, 1.54) is 6.92 Å². The highest BCUT2D eigenvalue weighted by Crippen LogP contribution is 2.35. The number of amides is 1. The first-order chi connectivity index (χ1) is 12.5. The van der Waals surface area contributed by atoms with Crippen molar-refractivity contribution < 1.29 is 24.9 Å². The van der Waals surface area contributed by atoms with E-state index in [-0.39, 0.29) is 11.9 Å². The summed E-state index contributed by atoms with van der Waals surface area (Å²) >= 11 is 10.6. The standard InChI is InChI=1S/C18H33ClN2O5S/c1-5-6-10-7-11(21(4)8-10)17(25)20-12(9(2)19)15-13(22)14(23)16(24)18(3,27)26-15/h9-16,22-24,27H,5-8H2,1-4H3,(H,20,25)/t9-,10+,11+,12+,13+,14-,15+,16+,18+/m0/s1. The Hall–Kier alpha value is -0.0900. The number of carbonyl (C=O) groups is 1. The Bertz CT molecular complexity index is 524. The molecule has 0 saturated carbocycles. The molecule has 4 N–H and O–H groups in total. The molecule has 0 aromatic carbocycles. The Kier molecular flexibility index (Phi) is 7.86. The van der Waals surface area contributed by atoms with E-state index in [4.69, 9.17) is 16.3 Å². The third-order valence-electron chi connectivity index (χ3n) is 5.73. The average Bonchev–Trinajstić information content (AvgIpc) is 2.95. The van der Waals surface area contributed by atoms with Gasteiger partial charge in [-0.3, -0.25) is 9.69 Å². The van der Waals surface area contributed by atoms with Gasteiger partial charge in [0.15, 0.2) is 0 Å². The Morgan fingerprint density at radius 3 is 2.59 bits per heavy atom. The molecule has 0 radical (unpaired) electrons. The zero-order valence-electron chi connectivity index (χ0n) is 16.4. The van der Waals surface area contributed by atoms with Crippen molar-refractivity contribution in [1.82, 2.24) is 10.2 Å². The lowest BCUT2D eigenvalue weighted by Gasteiger charge is -2.47. The summed E-state index contributed by atoms with van der Waals surface area (Å²) < 4.78 is 5.73. The van der Waals surface area contributed by atoms with Crippen molar-refractivity contribution >= 4 is 30.1 Å². The fourth-order valence-electron chi connectivity index (χ4n) is 4.15. The quantitative estimate of drug-likeness (QED) is 0.311. The Balaban J connectivity index is 2.12. The fourth-order valence-corrected chi connectivity index (χ4v) is 4.63. The number of carbonyl (C=O) groups excluding carboxylic acids is 1. The van der Waals surface area contributed by atoms with Gasteiger partial charge in [0.05, 0.1) is 17.5 Å². The molecule has 9 atom stereocenters. The molecule has 2 fully saturated rings. The van der Waals surface area contributed by atoms with Gasteiger partial charge in [0.1, 0.15) is 29.3 Å². The van der Waals surface area contributed by atoms with Crippen LogP contribution in [0.4, 0.5) is 0 Å². The number of hydrogen-bond donors (Lipinski definition) is 5. The van der Waals surface area contributed by atoms with Gasteiger partial charge in [0.25, 0.3) is 0 Å². The first-order valence-electron chi connectivity index (χ1n) is 9.58. The van der Waals surface area contributed by atoms with Crippen LogP contribution in [-0.4, -0.2) is 86.5 Å². The van der Waals surface area contributed by atoms with Crippen LogP contribution in [0.15, 0.2) is 0 Å². The molecule has 2 heterocycles. The predicted octanol–water partition coefficient (Wildman–Crippen LogP) is 0.346. The SMILES string of the molecule is CCC[C@@H]1C[C@H](C(=O)N[C@@H]([C@H]2O[C@](C)(S)[C@H](O)[C@@H](O)[C@H]2O)[C@H](C)Cl)N(C)C1. The Morgan fingerprint density at radius 2 is 2.04 bits per heavy atom. The highest BCUT2D eigenvalue weighted by molar-refractivity contribution is 7.81. The van der Waals surface area contributed by atoms with Gasteiger partial charge in [-0.1, -0.05) is 13.3 Å². The van der Waals surface area contributed by atoms with E-state index in [0.717, 1.165) is 25.8 Å². The van der Waals surface area contributed by atoms with E-state index in [1.807, 2.05) is 11.9 Å². The molecule has 7 nitrogen and oxygen atoms in total. The van der Waals surface area contributed by atoms with Crippen LogP contribution in [0.3, 0.4) is 0 Å². The highest BCUT2D eigenvalue weighted by atomic mass is 35.5. The van der Waals surface area contributed by atoms with Gasteiger partial charge in [-0.2, -0.15) is 0 Å². The third kappa shape index (κ3) is 5.10. The van der Waals surface area contributed by atoms with Gasteiger partial charge in [0.2, 0.25) is 5.91 Å². The molecule has 0 aromatic heterocycles. The smallest absolute Gasteiger partial charge is 0.237 e. The molecule has 158 valence electrons. The lowest BCUT2D eigenvalue weighted by Crippen LogP contribution is -2.67. The summed E-state index contributed by atoms with van der Waals surface area (Å²) in [6, 6.07) is -1.01. The van der Waals surface area contributed by atoms with Gasteiger partial charge in [0, 0.05) is 6.54 Å². The molecule has 2 rings (SSSR count). The summed E-state index contributed by atoms with van der Waals surface area (Å²) in [5, 5.41) is 33.0. The molecule has 0 aromatic rings. The van der Waals surface area contributed by atoms with E-state index in [1.54, 1.807) is 6.92 Å². The second-order valence-electron chi connectivity index (χ2n) is 8.12. The number of halogens is 1. The van der Waals surface area contributed by atoms with E-state index in [9.17, 15) is 20.1 Å². The zero-order chi connectivity index (χ0) is 20.5. The number of hydrogen-bond acceptors (Lipinski definition) is 7. The summed E-state index contributed by atoms with van der Waals surface area (Å²) in [7, 11) is 1.93. The van der Waals surface area contributed by atoms with Crippen molar-refractivity contribution in [3.63, 3.8) is 0 Å². The summed E-state index contributed by atoms with van der Waals surface area (Å²) in [5.74, 6) is 0.308. The lowest BCUT2D eigenvalue weighted by molar-refractivity contribution is -0.235. The number of likely N-dealkylation sites (tertiary alicyclic amines) is 1. The van der Waals surface area contributed by atoms with Crippen molar-refractivity contribution in [1.29, 1.82) is 0 Å². The highest BCUT2D eigenvalue weighted by Gasteiger charge is 2.52. The van der Waals surface area contributed by atoms with Crippen LogP contribution < -0.4 is 5.32 Å². The van der Waals surface area contributed by atoms with E-state index in [2.05, 4.69) is 24.9 Å². The lowest BCUT2D eigenvalue weighted by atomic mass is 9.90. The normalized spacial score (nSPS) is 42.7. The number of thiol groups is 1. The van der Waals surface area contributed by atoms with Crippen molar-refractivity contribution in [3.8, 4) is 0 Å². The van der Waals surface area contributed by atoms with Crippen LogP contribution in [0.25, 0.3) is 0 Å². The molecule has 0 spiro atoms. The molecule has 2 saturated heterocycles. The molecular formula is C18H33ClN2O5S. The van der Waals surface area contributed by atoms with E-state index < -0.39 is 40.8 Å². The summed E-state index contributed by atoms with van der Waals surface area (Å²) in [6.45, 7) is 6.19. The maximum Gasteiger partial charge on any atom is 0.237 e.